The first kappa shape index (κ1) is 18.6. The van der Waals surface area contributed by atoms with Crippen LogP contribution in [0.5, 0.6) is 0 Å². The highest BCUT2D eigenvalue weighted by molar-refractivity contribution is 7.98. The van der Waals surface area contributed by atoms with Crippen LogP contribution in [-0.4, -0.2) is 30.0 Å². The van der Waals surface area contributed by atoms with Crippen LogP contribution in [0.3, 0.4) is 0 Å². The molecule has 1 aromatic carbocycles. The number of fused-ring (bicyclic) bond motifs is 1. The van der Waals surface area contributed by atoms with Gasteiger partial charge in [0.25, 0.3) is 0 Å². The standard InChI is InChI=1S/C18H27N3O2S/c1-12(14-8-7-13-5-3-4-6-15(13)11-14)20-17(22)16(9-10-24-2)21-18(19)23/h7-8,11-12,16H,3-6,9-10H2,1-2H3,(H,20,22)(H3,19,21,23). The summed E-state index contributed by atoms with van der Waals surface area (Å²) in [5.41, 5.74) is 9.11. The molecule has 2 unspecified atom stereocenters. The smallest absolute Gasteiger partial charge is 0.312 e. The van der Waals surface area contributed by atoms with Gasteiger partial charge in [0.15, 0.2) is 0 Å². The Morgan fingerprint density at radius 3 is 2.58 bits per heavy atom. The van der Waals surface area contributed by atoms with Gasteiger partial charge in [-0.15, -0.1) is 0 Å². The van der Waals surface area contributed by atoms with E-state index in [0.717, 1.165) is 24.2 Å². The fraction of sp³-hybridized carbons (Fsp3) is 0.556. The van der Waals surface area contributed by atoms with Gasteiger partial charge in [-0.3, -0.25) is 4.79 Å². The summed E-state index contributed by atoms with van der Waals surface area (Å²) in [6, 6.07) is 5.12. The SMILES string of the molecule is CSCCC(NC(N)=O)C(=O)NC(C)c1ccc2c(c1)CCCC2. The van der Waals surface area contributed by atoms with E-state index in [1.54, 1.807) is 11.8 Å². The van der Waals surface area contributed by atoms with Crippen molar-refractivity contribution in [1.82, 2.24) is 10.6 Å². The van der Waals surface area contributed by atoms with E-state index in [4.69, 9.17) is 5.73 Å². The van der Waals surface area contributed by atoms with Gasteiger partial charge in [0, 0.05) is 0 Å². The van der Waals surface area contributed by atoms with Crippen molar-refractivity contribution in [2.75, 3.05) is 12.0 Å². The Morgan fingerprint density at radius 1 is 1.21 bits per heavy atom. The van der Waals surface area contributed by atoms with E-state index in [0.29, 0.717) is 6.42 Å². The van der Waals surface area contributed by atoms with Crippen molar-refractivity contribution in [2.24, 2.45) is 5.73 Å². The van der Waals surface area contributed by atoms with Gasteiger partial charge in [-0.25, -0.2) is 4.79 Å². The van der Waals surface area contributed by atoms with Crippen LogP contribution in [0.25, 0.3) is 0 Å². The second-order valence-electron chi connectivity index (χ2n) is 6.31. The summed E-state index contributed by atoms with van der Waals surface area (Å²) in [6.07, 6.45) is 7.28. The molecule has 0 saturated carbocycles. The van der Waals surface area contributed by atoms with E-state index in [1.807, 2.05) is 13.2 Å². The number of rotatable bonds is 7. The number of amides is 3. The lowest BCUT2D eigenvalue weighted by Gasteiger charge is -2.22. The third kappa shape index (κ3) is 5.16. The van der Waals surface area contributed by atoms with Crippen LogP contribution >= 0.6 is 11.8 Å². The van der Waals surface area contributed by atoms with E-state index in [1.165, 1.54) is 24.0 Å². The summed E-state index contributed by atoms with van der Waals surface area (Å²) in [4.78, 5) is 23.6. The third-order valence-electron chi connectivity index (χ3n) is 4.47. The largest absolute Gasteiger partial charge is 0.352 e. The summed E-state index contributed by atoms with van der Waals surface area (Å²) < 4.78 is 0. The van der Waals surface area contributed by atoms with Crippen LogP contribution in [0, 0.1) is 0 Å². The van der Waals surface area contributed by atoms with Crippen LogP contribution in [0.1, 0.15) is 48.9 Å². The average molecular weight is 350 g/mol. The van der Waals surface area contributed by atoms with E-state index >= 15 is 0 Å². The maximum absolute atomic E-state index is 12.5. The van der Waals surface area contributed by atoms with Crippen LogP contribution in [0.15, 0.2) is 18.2 Å². The molecule has 6 heteroatoms. The highest BCUT2D eigenvalue weighted by Gasteiger charge is 2.22. The zero-order valence-electron chi connectivity index (χ0n) is 14.4. The second kappa shape index (κ2) is 8.97. The Morgan fingerprint density at radius 2 is 1.92 bits per heavy atom. The van der Waals surface area contributed by atoms with Gasteiger partial charge in [-0.1, -0.05) is 18.2 Å². The molecule has 0 radical (unpaired) electrons. The molecule has 0 bridgehead atoms. The summed E-state index contributed by atoms with van der Waals surface area (Å²) >= 11 is 1.63. The molecule has 1 aromatic rings. The number of nitrogens with one attached hydrogen (secondary N) is 2. The molecule has 0 fully saturated rings. The molecule has 24 heavy (non-hydrogen) atoms. The van der Waals surface area contributed by atoms with Crippen LogP contribution < -0.4 is 16.4 Å². The third-order valence-corrected chi connectivity index (χ3v) is 5.12. The van der Waals surface area contributed by atoms with Gasteiger partial charge in [-0.05, 0) is 67.7 Å². The highest BCUT2D eigenvalue weighted by Crippen LogP contribution is 2.24. The first-order chi connectivity index (χ1) is 11.5. The monoisotopic (exact) mass is 349 g/mol. The van der Waals surface area contributed by atoms with Crippen molar-refractivity contribution in [3.05, 3.63) is 34.9 Å². The Hall–Kier alpha value is -1.69. The Balaban J connectivity index is 2.02. The van der Waals surface area contributed by atoms with Crippen LogP contribution in [-0.2, 0) is 17.6 Å². The maximum Gasteiger partial charge on any atom is 0.312 e. The molecule has 0 spiro atoms. The van der Waals surface area contributed by atoms with Crippen molar-refractivity contribution in [3.8, 4) is 0 Å². The van der Waals surface area contributed by atoms with Crippen molar-refractivity contribution >= 4 is 23.7 Å². The molecule has 1 aliphatic carbocycles. The minimum atomic E-state index is -0.669. The van der Waals surface area contributed by atoms with E-state index in [9.17, 15) is 9.59 Å². The number of aryl methyl sites for hydroxylation is 2. The van der Waals surface area contributed by atoms with Crippen molar-refractivity contribution in [1.29, 1.82) is 0 Å². The van der Waals surface area contributed by atoms with Gasteiger partial charge >= 0.3 is 6.03 Å². The molecule has 2 rings (SSSR count). The molecule has 4 N–H and O–H groups in total. The Bertz CT molecular complexity index is 592. The zero-order chi connectivity index (χ0) is 17.5. The lowest BCUT2D eigenvalue weighted by molar-refractivity contribution is -0.123. The predicted molar refractivity (Wildman–Crippen MR) is 99.1 cm³/mol. The number of benzene rings is 1. The van der Waals surface area contributed by atoms with Crippen molar-refractivity contribution < 1.29 is 9.59 Å². The fourth-order valence-electron chi connectivity index (χ4n) is 3.10. The number of primary amides is 1. The molecule has 0 saturated heterocycles. The summed E-state index contributed by atoms with van der Waals surface area (Å²) in [5.74, 6) is 0.596. The molecule has 132 valence electrons. The Kier molecular flexibility index (Phi) is 6.97. The van der Waals surface area contributed by atoms with Crippen molar-refractivity contribution in [3.63, 3.8) is 0 Å². The predicted octanol–water partition coefficient (Wildman–Crippen LogP) is 2.53. The lowest BCUT2D eigenvalue weighted by atomic mass is 9.89. The lowest BCUT2D eigenvalue weighted by Crippen LogP contribution is -2.49. The maximum atomic E-state index is 12.5. The topological polar surface area (TPSA) is 84.2 Å². The van der Waals surface area contributed by atoms with Gasteiger partial charge in [0.05, 0.1) is 6.04 Å². The molecule has 0 heterocycles. The van der Waals surface area contributed by atoms with Gasteiger partial charge in [0.2, 0.25) is 5.91 Å². The number of hydrogen-bond acceptors (Lipinski definition) is 3. The molecule has 3 amide bonds. The first-order valence-electron chi connectivity index (χ1n) is 8.48. The molecular formula is C18H27N3O2S. The number of hydrogen-bond donors (Lipinski definition) is 3. The average Bonchev–Trinajstić information content (AvgIpc) is 2.57. The number of carbonyl (C=O) groups excluding carboxylic acids is 2. The van der Waals surface area contributed by atoms with E-state index in [2.05, 4.69) is 28.8 Å². The van der Waals surface area contributed by atoms with E-state index in [-0.39, 0.29) is 11.9 Å². The van der Waals surface area contributed by atoms with Crippen molar-refractivity contribution in [2.45, 2.75) is 51.1 Å². The van der Waals surface area contributed by atoms with Gasteiger partial charge < -0.3 is 16.4 Å². The number of thioether (sulfide) groups is 1. The number of nitrogens with two attached hydrogens (primary N) is 1. The minimum Gasteiger partial charge on any atom is -0.352 e. The van der Waals surface area contributed by atoms with Crippen LogP contribution in [0.2, 0.25) is 0 Å². The molecule has 1 aliphatic rings. The fourth-order valence-corrected chi connectivity index (χ4v) is 3.57. The van der Waals surface area contributed by atoms with Gasteiger partial charge in [-0.2, -0.15) is 11.8 Å². The van der Waals surface area contributed by atoms with E-state index < -0.39 is 12.1 Å². The molecule has 5 nitrogen and oxygen atoms in total. The van der Waals surface area contributed by atoms with Gasteiger partial charge in [0.1, 0.15) is 6.04 Å². The number of urea groups is 1. The minimum absolute atomic E-state index is 0.101. The molecule has 2 atom stereocenters. The number of carbonyl (C=O) groups is 2. The summed E-state index contributed by atoms with van der Waals surface area (Å²) in [5, 5.41) is 5.53. The molecule has 0 aliphatic heterocycles. The first-order valence-corrected chi connectivity index (χ1v) is 9.87. The summed E-state index contributed by atoms with van der Waals surface area (Å²) in [6.45, 7) is 1.97. The molecular weight excluding hydrogens is 322 g/mol. The van der Waals surface area contributed by atoms with Crippen LogP contribution in [0.4, 0.5) is 4.79 Å². The molecule has 0 aromatic heterocycles. The quantitative estimate of drug-likeness (QED) is 0.707. The normalized spacial score (nSPS) is 15.9. The second-order valence-corrected chi connectivity index (χ2v) is 7.29. The Labute approximate surface area is 148 Å². The zero-order valence-corrected chi connectivity index (χ0v) is 15.2. The highest BCUT2D eigenvalue weighted by atomic mass is 32.2. The summed E-state index contributed by atoms with van der Waals surface area (Å²) in [7, 11) is 0.